The van der Waals surface area contributed by atoms with Crippen LogP contribution in [0.4, 0.5) is 0 Å². The second-order valence-corrected chi connectivity index (χ2v) is 7.77. The SMILES string of the molecule is Cc1c(C(=O)NCC2CNC2)sc2nc3n(c(=O)c12)CCCCC3. The molecule has 1 saturated heterocycles. The van der Waals surface area contributed by atoms with E-state index in [0.29, 0.717) is 27.6 Å². The molecule has 0 atom stereocenters. The molecule has 1 fully saturated rings. The largest absolute Gasteiger partial charge is 0.351 e. The Morgan fingerprint density at radius 1 is 1.38 bits per heavy atom. The quantitative estimate of drug-likeness (QED) is 0.882. The summed E-state index contributed by atoms with van der Waals surface area (Å²) in [6.07, 6.45) is 4.08. The number of carbonyl (C=O) groups excluding carboxylic acids is 1. The Hall–Kier alpha value is -1.73. The number of aromatic nitrogens is 2. The van der Waals surface area contributed by atoms with Crippen LogP contribution in [0.3, 0.4) is 0 Å². The molecule has 0 bridgehead atoms. The summed E-state index contributed by atoms with van der Waals surface area (Å²) in [4.78, 5) is 31.5. The van der Waals surface area contributed by atoms with Gasteiger partial charge in [-0.15, -0.1) is 11.3 Å². The van der Waals surface area contributed by atoms with Crippen LogP contribution in [0.25, 0.3) is 10.2 Å². The molecule has 0 radical (unpaired) electrons. The summed E-state index contributed by atoms with van der Waals surface area (Å²) in [5.41, 5.74) is 0.796. The van der Waals surface area contributed by atoms with Gasteiger partial charge in [0, 0.05) is 38.5 Å². The minimum atomic E-state index is -0.0815. The molecule has 0 aliphatic carbocycles. The highest BCUT2D eigenvalue weighted by atomic mass is 32.1. The summed E-state index contributed by atoms with van der Waals surface area (Å²) in [7, 11) is 0. The summed E-state index contributed by atoms with van der Waals surface area (Å²) < 4.78 is 1.82. The van der Waals surface area contributed by atoms with E-state index in [1.165, 1.54) is 11.3 Å². The zero-order valence-electron chi connectivity index (χ0n) is 13.9. The maximum absolute atomic E-state index is 12.9. The molecule has 0 aromatic carbocycles. The van der Waals surface area contributed by atoms with Crippen LogP contribution in [0.5, 0.6) is 0 Å². The zero-order chi connectivity index (χ0) is 16.7. The first kappa shape index (κ1) is 15.8. The molecule has 7 heteroatoms. The summed E-state index contributed by atoms with van der Waals surface area (Å²) >= 11 is 1.35. The fourth-order valence-electron chi connectivity index (χ4n) is 3.44. The third-order valence-corrected chi connectivity index (χ3v) is 6.22. The molecule has 0 spiro atoms. The first-order valence-electron chi connectivity index (χ1n) is 8.67. The predicted molar refractivity (Wildman–Crippen MR) is 94.9 cm³/mol. The minimum Gasteiger partial charge on any atom is -0.351 e. The van der Waals surface area contributed by atoms with Gasteiger partial charge < -0.3 is 10.6 Å². The summed E-state index contributed by atoms with van der Waals surface area (Å²) in [5.74, 6) is 1.31. The number of fused-ring (bicyclic) bond motifs is 2. The monoisotopic (exact) mass is 346 g/mol. The molecule has 2 aromatic heterocycles. The van der Waals surface area contributed by atoms with Crippen LogP contribution >= 0.6 is 11.3 Å². The molecule has 128 valence electrons. The number of carbonyl (C=O) groups is 1. The van der Waals surface area contributed by atoms with Gasteiger partial charge in [-0.05, 0) is 25.3 Å². The molecule has 2 N–H and O–H groups in total. The van der Waals surface area contributed by atoms with Crippen LogP contribution in [-0.2, 0) is 13.0 Å². The van der Waals surface area contributed by atoms with E-state index in [4.69, 9.17) is 4.98 Å². The lowest BCUT2D eigenvalue weighted by atomic mass is 10.0. The Morgan fingerprint density at radius 3 is 2.96 bits per heavy atom. The lowest BCUT2D eigenvalue weighted by Crippen LogP contribution is -2.48. The normalized spacial score (nSPS) is 18.0. The van der Waals surface area contributed by atoms with Crippen molar-refractivity contribution in [2.24, 2.45) is 5.92 Å². The number of amides is 1. The number of hydrogen-bond acceptors (Lipinski definition) is 5. The van der Waals surface area contributed by atoms with Crippen molar-refractivity contribution in [1.29, 1.82) is 0 Å². The fourth-order valence-corrected chi connectivity index (χ4v) is 4.54. The number of nitrogens with zero attached hydrogens (tertiary/aromatic N) is 2. The van der Waals surface area contributed by atoms with E-state index in [-0.39, 0.29) is 11.5 Å². The van der Waals surface area contributed by atoms with E-state index in [2.05, 4.69) is 10.6 Å². The van der Waals surface area contributed by atoms with Gasteiger partial charge in [-0.3, -0.25) is 14.2 Å². The molecule has 0 saturated carbocycles. The minimum absolute atomic E-state index is 0.0212. The average Bonchev–Trinajstić information content (AvgIpc) is 2.69. The topological polar surface area (TPSA) is 76.0 Å². The van der Waals surface area contributed by atoms with Crippen LogP contribution in [0.1, 0.15) is 40.3 Å². The number of hydrogen-bond donors (Lipinski definition) is 2. The van der Waals surface area contributed by atoms with Crippen LogP contribution < -0.4 is 16.2 Å². The maximum Gasteiger partial charge on any atom is 0.262 e. The van der Waals surface area contributed by atoms with Gasteiger partial charge in [-0.1, -0.05) is 6.42 Å². The summed E-state index contributed by atoms with van der Waals surface area (Å²) in [5, 5.41) is 6.82. The van der Waals surface area contributed by atoms with Gasteiger partial charge in [-0.25, -0.2) is 4.98 Å². The van der Waals surface area contributed by atoms with Crippen molar-refractivity contribution in [3.63, 3.8) is 0 Å². The van der Waals surface area contributed by atoms with Gasteiger partial charge in [0.1, 0.15) is 10.7 Å². The number of thiophene rings is 1. The van der Waals surface area contributed by atoms with Crippen molar-refractivity contribution in [3.8, 4) is 0 Å². The highest BCUT2D eigenvalue weighted by Gasteiger charge is 2.23. The second-order valence-electron chi connectivity index (χ2n) is 6.77. The Morgan fingerprint density at radius 2 is 2.21 bits per heavy atom. The van der Waals surface area contributed by atoms with Crippen molar-refractivity contribution >= 4 is 27.5 Å². The number of rotatable bonds is 3. The zero-order valence-corrected chi connectivity index (χ0v) is 14.7. The van der Waals surface area contributed by atoms with Gasteiger partial charge in [-0.2, -0.15) is 0 Å². The molecule has 4 rings (SSSR count). The highest BCUT2D eigenvalue weighted by molar-refractivity contribution is 7.20. The van der Waals surface area contributed by atoms with E-state index in [0.717, 1.165) is 56.7 Å². The van der Waals surface area contributed by atoms with Crippen LogP contribution in [0.2, 0.25) is 0 Å². The van der Waals surface area contributed by atoms with Crippen molar-refractivity contribution in [2.75, 3.05) is 19.6 Å². The van der Waals surface area contributed by atoms with Crippen molar-refractivity contribution < 1.29 is 4.79 Å². The summed E-state index contributed by atoms with van der Waals surface area (Å²) in [6.45, 7) is 5.21. The second kappa shape index (κ2) is 6.29. The van der Waals surface area contributed by atoms with Crippen molar-refractivity contribution in [2.45, 2.75) is 39.2 Å². The van der Waals surface area contributed by atoms with Crippen LogP contribution in [0, 0.1) is 12.8 Å². The summed E-state index contributed by atoms with van der Waals surface area (Å²) in [6, 6.07) is 0. The van der Waals surface area contributed by atoms with E-state index < -0.39 is 0 Å². The van der Waals surface area contributed by atoms with Gasteiger partial charge in [0.05, 0.1) is 10.3 Å². The van der Waals surface area contributed by atoms with Crippen molar-refractivity contribution in [1.82, 2.24) is 20.2 Å². The van der Waals surface area contributed by atoms with E-state index in [9.17, 15) is 9.59 Å². The van der Waals surface area contributed by atoms with Gasteiger partial charge in [0.15, 0.2) is 0 Å². The van der Waals surface area contributed by atoms with Crippen LogP contribution in [0.15, 0.2) is 4.79 Å². The molecule has 2 aliphatic heterocycles. The molecule has 6 nitrogen and oxygen atoms in total. The van der Waals surface area contributed by atoms with Gasteiger partial charge in [0.2, 0.25) is 0 Å². The first-order chi connectivity index (χ1) is 11.6. The van der Waals surface area contributed by atoms with Gasteiger partial charge >= 0.3 is 0 Å². The Labute approximate surface area is 144 Å². The van der Waals surface area contributed by atoms with Crippen LogP contribution in [-0.4, -0.2) is 35.1 Å². The predicted octanol–water partition coefficient (Wildman–Crippen LogP) is 1.44. The maximum atomic E-state index is 12.9. The lowest BCUT2D eigenvalue weighted by molar-refractivity contribution is 0.0946. The molecule has 2 aromatic rings. The molecule has 1 amide bonds. The third kappa shape index (κ3) is 2.65. The Bertz CT molecular complexity index is 850. The molecule has 4 heterocycles. The Balaban J connectivity index is 1.70. The molecule has 0 unspecified atom stereocenters. The standard InChI is InChI=1S/C17H22N4O2S/c1-10-13-16(20-12-5-3-2-4-6-21(12)17(13)23)24-14(10)15(22)19-9-11-7-18-8-11/h11,18H,2-9H2,1H3,(H,19,22). The van der Waals surface area contributed by atoms with Gasteiger partial charge in [0.25, 0.3) is 11.5 Å². The third-order valence-electron chi connectivity index (χ3n) is 5.04. The molecular formula is C17H22N4O2S. The Kier molecular flexibility index (Phi) is 4.14. The molecule has 24 heavy (non-hydrogen) atoms. The molecule has 2 aliphatic rings. The van der Waals surface area contributed by atoms with E-state index in [1.807, 2.05) is 11.5 Å². The average molecular weight is 346 g/mol. The van der Waals surface area contributed by atoms with Crippen molar-refractivity contribution in [3.05, 3.63) is 26.6 Å². The first-order valence-corrected chi connectivity index (χ1v) is 9.48. The number of aryl methyl sites for hydroxylation is 2. The number of nitrogens with one attached hydrogen (secondary N) is 2. The molecular weight excluding hydrogens is 324 g/mol. The smallest absolute Gasteiger partial charge is 0.262 e. The fraction of sp³-hybridized carbons (Fsp3) is 0.588. The van der Waals surface area contributed by atoms with E-state index in [1.54, 1.807) is 0 Å². The van der Waals surface area contributed by atoms with E-state index >= 15 is 0 Å². The lowest BCUT2D eigenvalue weighted by Gasteiger charge is -2.26. The highest BCUT2D eigenvalue weighted by Crippen LogP contribution is 2.28.